The maximum atomic E-state index is 11.7. The highest BCUT2D eigenvalue weighted by molar-refractivity contribution is 7.92. The fourth-order valence-electron chi connectivity index (χ4n) is 1.55. The van der Waals surface area contributed by atoms with Gasteiger partial charge in [-0.25, -0.2) is 18.4 Å². The zero-order valence-electron chi connectivity index (χ0n) is 12.1. The highest BCUT2D eigenvalue weighted by Crippen LogP contribution is 2.27. The van der Waals surface area contributed by atoms with E-state index in [0.29, 0.717) is 11.6 Å². The molecule has 0 aliphatic rings. The van der Waals surface area contributed by atoms with Gasteiger partial charge in [0.25, 0.3) is 0 Å². The smallest absolute Gasteiger partial charge is 0.154 e. The monoisotopic (exact) mass is 286 g/mol. The first-order valence-corrected chi connectivity index (χ1v) is 7.99. The first kappa shape index (κ1) is 15.7. The first-order valence-electron chi connectivity index (χ1n) is 6.10. The number of hydrogen-bond donors (Lipinski definition) is 2. The molecule has 0 saturated carbocycles. The molecule has 0 amide bonds. The Morgan fingerprint density at radius 3 is 2.42 bits per heavy atom. The van der Waals surface area contributed by atoms with E-state index in [2.05, 4.69) is 15.3 Å². The highest BCUT2D eigenvalue weighted by Gasteiger charge is 2.30. The topological polar surface area (TPSA) is 98.0 Å². The van der Waals surface area contributed by atoms with Crippen molar-refractivity contribution in [1.82, 2.24) is 9.97 Å². The molecule has 0 aliphatic carbocycles. The molecule has 7 heteroatoms. The Hall–Kier alpha value is -1.37. The van der Waals surface area contributed by atoms with Crippen LogP contribution < -0.4 is 11.1 Å². The molecule has 1 aromatic heterocycles. The van der Waals surface area contributed by atoms with E-state index in [1.165, 1.54) is 12.6 Å². The van der Waals surface area contributed by atoms with Gasteiger partial charge in [0.1, 0.15) is 18.0 Å². The van der Waals surface area contributed by atoms with Gasteiger partial charge in [0.05, 0.1) is 4.75 Å². The lowest BCUT2D eigenvalue weighted by molar-refractivity contribution is 0.559. The van der Waals surface area contributed by atoms with Crippen molar-refractivity contribution < 1.29 is 8.42 Å². The van der Waals surface area contributed by atoms with Crippen LogP contribution >= 0.6 is 0 Å². The Kier molecular flexibility index (Phi) is 4.39. The predicted molar refractivity (Wildman–Crippen MR) is 77.9 cm³/mol. The molecule has 108 valence electrons. The highest BCUT2D eigenvalue weighted by atomic mass is 32.2. The quantitative estimate of drug-likeness (QED) is 0.849. The average Bonchev–Trinajstić information content (AvgIpc) is 2.24. The number of hydrogen-bond acceptors (Lipinski definition) is 6. The summed E-state index contributed by atoms with van der Waals surface area (Å²) < 4.78 is 22.5. The number of aromatic nitrogens is 2. The number of rotatable bonds is 5. The molecule has 0 atom stereocenters. The van der Waals surface area contributed by atoms with Crippen molar-refractivity contribution >= 4 is 21.5 Å². The van der Waals surface area contributed by atoms with Crippen LogP contribution in [0.1, 0.15) is 39.2 Å². The maximum Gasteiger partial charge on any atom is 0.154 e. The van der Waals surface area contributed by atoms with Crippen molar-refractivity contribution in [2.45, 2.75) is 38.4 Å². The van der Waals surface area contributed by atoms with E-state index in [1.54, 1.807) is 13.8 Å². The Morgan fingerprint density at radius 1 is 1.37 bits per heavy atom. The molecule has 0 spiro atoms. The van der Waals surface area contributed by atoms with Gasteiger partial charge in [0.2, 0.25) is 0 Å². The lowest BCUT2D eigenvalue weighted by Gasteiger charge is -2.24. The van der Waals surface area contributed by atoms with Crippen LogP contribution in [0, 0.1) is 0 Å². The lowest BCUT2D eigenvalue weighted by atomic mass is 10.0. The Balaban J connectivity index is 3.00. The van der Waals surface area contributed by atoms with E-state index in [-0.39, 0.29) is 12.5 Å². The minimum absolute atomic E-state index is 0.157. The summed E-state index contributed by atoms with van der Waals surface area (Å²) in [6.07, 6.45) is 2.60. The van der Waals surface area contributed by atoms with Crippen molar-refractivity contribution in [3.63, 3.8) is 0 Å². The molecule has 6 nitrogen and oxygen atoms in total. The van der Waals surface area contributed by atoms with Gasteiger partial charge in [-0.2, -0.15) is 0 Å². The SMILES string of the molecule is CC(C)c1c(N)ncnc1NCC(C)(C)S(C)(=O)=O. The fourth-order valence-corrected chi connectivity index (χ4v) is 1.88. The summed E-state index contributed by atoms with van der Waals surface area (Å²) in [6, 6.07) is 0. The van der Waals surface area contributed by atoms with Crippen molar-refractivity contribution in [3.05, 3.63) is 11.9 Å². The van der Waals surface area contributed by atoms with Gasteiger partial charge in [-0.15, -0.1) is 0 Å². The number of nitrogens with two attached hydrogens (primary N) is 1. The van der Waals surface area contributed by atoms with Crippen molar-refractivity contribution in [2.75, 3.05) is 23.9 Å². The minimum Gasteiger partial charge on any atom is -0.383 e. The van der Waals surface area contributed by atoms with E-state index in [1.807, 2.05) is 13.8 Å². The Labute approximate surface area is 114 Å². The van der Waals surface area contributed by atoms with Crippen molar-refractivity contribution in [3.8, 4) is 0 Å². The molecule has 1 aromatic rings. The van der Waals surface area contributed by atoms with Crippen LogP contribution in [0.25, 0.3) is 0 Å². The van der Waals surface area contributed by atoms with E-state index in [9.17, 15) is 8.42 Å². The lowest BCUT2D eigenvalue weighted by Crippen LogP contribution is -2.38. The third kappa shape index (κ3) is 3.56. The maximum absolute atomic E-state index is 11.7. The predicted octanol–water partition coefficient (Wildman–Crippen LogP) is 1.42. The van der Waals surface area contributed by atoms with Gasteiger partial charge >= 0.3 is 0 Å². The molecule has 1 rings (SSSR count). The third-order valence-electron chi connectivity index (χ3n) is 3.18. The van der Waals surface area contributed by atoms with Gasteiger partial charge in [0.15, 0.2) is 9.84 Å². The Bertz CT molecular complexity index is 553. The van der Waals surface area contributed by atoms with Crippen LogP contribution in [0.3, 0.4) is 0 Å². The number of nitrogen functional groups attached to an aromatic ring is 1. The van der Waals surface area contributed by atoms with E-state index < -0.39 is 14.6 Å². The van der Waals surface area contributed by atoms with Crippen molar-refractivity contribution in [2.24, 2.45) is 0 Å². The zero-order chi connectivity index (χ0) is 14.8. The normalized spacial score (nSPS) is 12.7. The standard InChI is InChI=1S/C12H22N4O2S/c1-8(2)9-10(13)15-7-16-11(9)14-6-12(3,4)19(5,17)18/h7-8H,6H2,1-5H3,(H3,13,14,15,16). The number of nitrogens with one attached hydrogen (secondary N) is 1. The van der Waals surface area contributed by atoms with E-state index in [0.717, 1.165) is 5.56 Å². The second-order valence-electron chi connectivity index (χ2n) is 5.56. The molecule has 0 fully saturated rings. The third-order valence-corrected chi connectivity index (χ3v) is 5.33. The Morgan fingerprint density at radius 2 is 1.95 bits per heavy atom. The molecule has 0 radical (unpaired) electrons. The molecule has 19 heavy (non-hydrogen) atoms. The summed E-state index contributed by atoms with van der Waals surface area (Å²) in [5.41, 5.74) is 6.65. The largest absolute Gasteiger partial charge is 0.383 e. The summed E-state index contributed by atoms with van der Waals surface area (Å²) >= 11 is 0. The fraction of sp³-hybridized carbons (Fsp3) is 0.667. The first-order chi connectivity index (χ1) is 8.56. The molecule has 0 bridgehead atoms. The van der Waals surface area contributed by atoms with Crippen LogP contribution in [-0.4, -0.2) is 35.9 Å². The summed E-state index contributed by atoms with van der Waals surface area (Å²) in [5.74, 6) is 1.17. The van der Waals surface area contributed by atoms with Gasteiger partial charge in [-0.3, -0.25) is 0 Å². The molecule has 0 aliphatic heterocycles. The summed E-state index contributed by atoms with van der Waals surface area (Å²) in [6.45, 7) is 7.59. The summed E-state index contributed by atoms with van der Waals surface area (Å²) in [7, 11) is -3.15. The zero-order valence-corrected chi connectivity index (χ0v) is 12.9. The minimum atomic E-state index is -3.15. The van der Waals surface area contributed by atoms with Gasteiger partial charge in [-0.1, -0.05) is 13.8 Å². The molecular weight excluding hydrogens is 264 g/mol. The van der Waals surface area contributed by atoms with Crippen LogP contribution in [0.2, 0.25) is 0 Å². The molecule has 1 heterocycles. The molecule has 0 aromatic carbocycles. The van der Waals surface area contributed by atoms with Gasteiger partial charge < -0.3 is 11.1 Å². The molecular formula is C12H22N4O2S. The number of nitrogens with zero attached hydrogens (tertiary/aromatic N) is 2. The van der Waals surface area contributed by atoms with Gasteiger partial charge in [0, 0.05) is 18.4 Å². The van der Waals surface area contributed by atoms with E-state index >= 15 is 0 Å². The average molecular weight is 286 g/mol. The van der Waals surface area contributed by atoms with Crippen LogP contribution in [0.15, 0.2) is 6.33 Å². The number of sulfone groups is 1. The number of anilines is 2. The molecule has 0 saturated heterocycles. The van der Waals surface area contributed by atoms with Crippen LogP contribution in [-0.2, 0) is 9.84 Å². The van der Waals surface area contributed by atoms with Crippen LogP contribution in [0.4, 0.5) is 11.6 Å². The van der Waals surface area contributed by atoms with Gasteiger partial charge in [-0.05, 0) is 19.8 Å². The second-order valence-corrected chi connectivity index (χ2v) is 8.21. The van der Waals surface area contributed by atoms with Crippen molar-refractivity contribution in [1.29, 1.82) is 0 Å². The second kappa shape index (κ2) is 5.32. The van der Waals surface area contributed by atoms with Crippen LogP contribution in [0.5, 0.6) is 0 Å². The summed E-state index contributed by atoms with van der Waals surface area (Å²) in [5, 5.41) is 3.07. The summed E-state index contributed by atoms with van der Waals surface area (Å²) in [4.78, 5) is 8.11. The molecule has 0 unspecified atom stereocenters. The van der Waals surface area contributed by atoms with E-state index in [4.69, 9.17) is 5.73 Å². The molecule has 3 N–H and O–H groups in total.